The monoisotopic (exact) mass is 628 g/mol. The van der Waals surface area contributed by atoms with Gasteiger partial charge in [-0.3, -0.25) is 0 Å². The summed E-state index contributed by atoms with van der Waals surface area (Å²) >= 11 is 0. The summed E-state index contributed by atoms with van der Waals surface area (Å²) in [5, 5.41) is 21.9. The second-order valence-electron chi connectivity index (χ2n) is 12.5. The van der Waals surface area contributed by atoms with Gasteiger partial charge in [0.25, 0.3) is 0 Å². The zero-order chi connectivity index (χ0) is 33.5. The largest absolute Gasteiger partial charge is 0.333 e. The van der Waals surface area contributed by atoms with E-state index in [0.717, 1.165) is 55.5 Å². The highest BCUT2D eigenvalue weighted by atomic mass is 15.2. The Labute approximate surface area is 286 Å². The van der Waals surface area contributed by atoms with Gasteiger partial charge in [-0.1, -0.05) is 116 Å². The van der Waals surface area contributed by atoms with Gasteiger partial charge in [0, 0.05) is 39.3 Å². The lowest BCUT2D eigenvalue weighted by Crippen LogP contribution is -2.28. The molecule has 0 fully saturated rings. The Morgan fingerprint density at radius 3 is 2.33 bits per heavy atom. The summed E-state index contributed by atoms with van der Waals surface area (Å²) < 4.78 is 2.16. The summed E-state index contributed by atoms with van der Waals surface area (Å²) in [6.45, 7) is 6.03. The van der Waals surface area contributed by atoms with Crippen molar-refractivity contribution in [2.75, 3.05) is 4.90 Å². The number of hydrogen-bond acceptors (Lipinski definition) is 3. The van der Waals surface area contributed by atoms with Crippen LogP contribution >= 0.6 is 0 Å². The third-order valence-electron chi connectivity index (χ3n) is 9.77. The predicted octanol–water partition coefficient (Wildman–Crippen LogP) is 11.1. The van der Waals surface area contributed by atoms with E-state index in [1.807, 2.05) is 30.3 Å². The standard InChI is InChI=1S/C45H32N4/c1-30(28-46)22-27-41(49-44-21-10-7-17-39(44)40-18-11-12-33(29-47)45(40)49)31(2)35-13-3-4-14-36(35)32-23-25-34(26-24-32)48-42-19-8-5-15-37(42)38-16-6-9-20-43(38)48/h3-27,37,42H,1H2,2H3/b27-22-,41-31-. The van der Waals surface area contributed by atoms with Crippen LogP contribution in [0.15, 0.2) is 164 Å². The van der Waals surface area contributed by atoms with Gasteiger partial charge in [0.05, 0.1) is 28.7 Å². The number of anilines is 2. The molecule has 0 saturated heterocycles. The summed E-state index contributed by atoms with van der Waals surface area (Å²) in [5.41, 5.74) is 11.7. The van der Waals surface area contributed by atoms with Gasteiger partial charge in [-0.05, 0) is 77.2 Å². The van der Waals surface area contributed by atoms with Crippen LogP contribution in [0.3, 0.4) is 0 Å². The molecule has 1 aliphatic heterocycles. The molecule has 2 unspecified atom stereocenters. The van der Waals surface area contributed by atoms with Crippen molar-refractivity contribution in [2.24, 2.45) is 0 Å². The third kappa shape index (κ3) is 4.91. The molecule has 2 atom stereocenters. The molecule has 0 amide bonds. The lowest BCUT2D eigenvalue weighted by atomic mass is 9.91. The van der Waals surface area contributed by atoms with Crippen molar-refractivity contribution < 1.29 is 0 Å². The summed E-state index contributed by atoms with van der Waals surface area (Å²) in [6, 6.07) is 44.9. The molecule has 5 aromatic carbocycles. The van der Waals surface area contributed by atoms with Crippen LogP contribution in [0.25, 0.3) is 44.2 Å². The van der Waals surface area contributed by atoms with Crippen molar-refractivity contribution in [3.05, 3.63) is 181 Å². The van der Waals surface area contributed by atoms with Crippen molar-refractivity contribution in [2.45, 2.75) is 18.9 Å². The Morgan fingerprint density at radius 2 is 1.49 bits per heavy atom. The fourth-order valence-electron chi connectivity index (χ4n) is 7.53. The minimum Gasteiger partial charge on any atom is -0.333 e. The van der Waals surface area contributed by atoms with E-state index in [1.165, 1.54) is 11.3 Å². The van der Waals surface area contributed by atoms with E-state index in [4.69, 9.17) is 0 Å². The number of nitriles is 2. The molecule has 8 rings (SSSR count). The van der Waals surface area contributed by atoms with Gasteiger partial charge >= 0.3 is 0 Å². The van der Waals surface area contributed by atoms with Gasteiger partial charge in [0.15, 0.2) is 0 Å². The highest BCUT2D eigenvalue weighted by Gasteiger charge is 2.36. The van der Waals surface area contributed by atoms with Gasteiger partial charge in [-0.2, -0.15) is 10.5 Å². The molecule has 0 N–H and O–H groups in total. The van der Waals surface area contributed by atoms with E-state index in [9.17, 15) is 10.5 Å². The molecular formula is C45H32N4. The molecule has 49 heavy (non-hydrogen) atoms. The van der Waals surface area contributed by atoms with Crippen molar-refractivity contribution >= 4 is 44.5 Å². The normalized spacial score (nSPS) is 16.8. The Kier molecular flexibility index (Phi) is 7.41. The number of allylic oxidation sites excluding steroid dienone is 7. The minimum absolute atomic E-state index is 0.243. The van der Waals surface area contributed by atoms with E-state index >= 15 is 0 Å². The average Bonchev–Trinajstić information content (AvgIpc) is 3.68. The summed E-state index contributed by atoms with van der Waals surface area (Å²) in [4.78, 5) is 2.45. The highest BCUT2D eigenvalue weighted by Crippen LogP contribution is 2.48. The SMILES string of the molecule is C=C(C#N)/C=C\C(=C(/C)c1ccccc1-c1ccc(N2c3ccccc3C3C=CC=CC32)cc1)n1c2ccccc2c2cccc(C#N)c21. The van der Waals surface area contributed by atoms with E-state index < -0.39 is 0 Å². The summed E-state index contributed by atoms with van der Waals surface area (Å²) in [7, 11) is 0. The van der Waals surface area contributed by atoms with Crippen molar-refractivity contribution in [1.82, 2.24) is 4.57 Å². The molecule has 0 radical (unpaired) electrons. The van der Waals surface area contributed by atoms with Crippen LogP contribution in [0.1, 0.15) is 29.5 Å². The average molecular weight is 629 g/mol. The Hall–Kier alpha value is -6.62. The van der Waals surface area contributed by atoms with Crippen molar-refractivity contribution in [3.63, 3.8) is 0 Å². The second kappa shape index (κ2) is 12.2. The molecule has 0 spiro atoms. The number of hydrogen-bond donors (Lipinski definition) is 0. The molecular weight excluding hydrogens is 597 g/mol. The fourth-order valence-corrected chi connectivity index (χ4v) is 7.53. The first-order valence-corrected chi connectivity index (χ1v) is 16.4. The zero-order valence-electron chi connectivity index (χ0n) is 27.1. The highest BCUT2D eigenvalue weighted by molar-refractivity contribution is 6.13. The molecule has 232 valence electrons. The van der Waals surface area contributed by atoms with Gasteiger partial charge in [0.1, 0.15) is 6.07 Å². The Bertz CT molecular complexity index is 2510. The topological polar surface area (TPSA) is 55.8 Å². The maximum atomic E-state index is 10.2. The van der Waals surface area contributed by atoms with Gasteiger partial charge < -0.3 is 9.47 Å². The number of fused-ring (bicyclic) bond motifs is 6. The molecule has 4 heteroatoms. The molecule has 1 aromatic heterocycles. The smallest absolute Gasteiger partial charge is 0.101 e. The molecule has 2 aliphatic rings. The van der Waals surface area contributed by atoms with Crippen LogP contribution in [0.5, 0.6) is 0 Å². The van der Waals surface area contributed by atoms with Crippen LogP contribution < -0.4 is 4.90 Å². The minimum atomic E-state index is 0.243. The van der Waals surface area contributed by atoms with Gasteiger partial charge in [0.2, 0.25) is 0 Å². The quantitative estimate of drug-likeness (QED) is 0.136. The molecule has 2 heterocycles. The van der Waals surface area contributed by atoms with Gasteiger partial charge in [-0.25, -0.2) is 0 Å². The van der Waals surface area contributed by atoms with Crippen LogP contribution in [-0.2, 0) is 0 Å². The van der Waals surface area contributed by atoms with Crippen molar-refractivity contribution in [3.8, 4) is 23.3 Å². The third-order valence-corrected chi connectivity index (χ3v) is 9.77. The number of benzene rings is 5. The maximum Gasteiger partial charge on any atom is 0.101 e. The van der Waals surface area contributed by atoms with E-state index in [-0.39, 0.29) is 6.04 Å². The van der Waals surface area contributed by atoms with E-state index in [2.05, 4.69) is 150 Å². The Balaban J connectivity index is 1.29. The first-order valence-electron chi connectivity index (χ1n) is 16.4. The number of nitrogens with zero attached hydrogens (tertiary/aromatic N) is 4. The predicted molar refractivity (Wildman–Crippen MR) is 202 cm³/mol. The first kappa shape index (κ1) is 29.8. The number of rotatable bonds is 6. The van der Waals surface area contributed by atoms with Gasteiger partial charge in [-0.15, -0.1) is 0 Å². The summed E-state index contributed by atoms with van der Waals surface area (Å²) in [6.07, 6.45) is 12.6. The molecule has 1 aliphatic carbocycles. The van der Waals surface area contributed by atoms with Crippen LogP contribution in [-0.4, -0.2) is 10.6 Å². The lowest BCUT2D eigenvalue weighted by Gasteiger charge is -2.29. The zero-order valence-corrected chi connectivity index (χ0v) is 27.1. The molecule has 0 bridgehead atoms. The number of para-hydroxylation sites is 3. The van der Waals surface area contributed by atoms with Crippen molar-refractivity contribution in [1.29, 1.82) is 10.5 Å². The molecule has 0 saturated carbocycles. The van der Waals surface area contributed by atoms with Crippen LogP contribution in [0, 0.1) is 22.7 Å². The lowest BCUT2D eigenvalue weighted by molar-refractivity contribution is 0.745. The van der Waals surface area contributed by atoms with E-state index in [0.29, 0.717) is 17.1 Å². The first-order chi connectivity index (χ1) is 24.1. The van der Waals surface area contributed by atoms with Crippen LogP contribution in [0.2, 0.25) is 0 Å². The second-order valence-corrected chi connectivity index (χ2v) is 12.5. The fraction of sp³-hybridized carbons (Fsp3) is 0.0667. The molecule has 6 aromatic rings. The Morgan fingerprint density at radius 1 is 0.755 bits per heavy atom. The summed E-state index contributed by atoms with van der Waals surface area (Å²) in [5.74, 6) is 0.334. The van der Waals surface area contributed by atoms with Crippen LogP contribution in [0.4, 0.5) is 11.4 Å². The number of aromatic nitrogens is 1. The van der Waals surface area contributed by atoms with E-state index in [1.54, 1.807) is 6.08 Å². The maximum absolute atomic E-state index is 10.2. The molecule has 4 nitrogen and oxygen atoms in total.